The van der Waals surface area contributed by atoms with Gasteiger partial charge in [0.1, 0.15) is 11.0 Å². The van der Waals surface area contributed by atoms with Crippen LogP contribution in [0, 0.1) is 5.82 Å². The second-order valence-electron chi connectivity index (χ2n) is 5.34. The van der Waals surface area contributed by atoms with Crippen LogP contribution in [-0.2, 0) is 12.8 Å². The number of fused-ring (bicyclic) bond motifs is 2. The van der Waals surface area contributed by atoms with Crippen molar-refractivity contribution in [1.82, 2.24) is 9.97 Å². The van der Waals surface area contributed by atoms with Crippen molar-refractivity contribution in [2.24, 2.45) is 0 Å². The second kappa shape index (κ2) is 4.78. The summed E-state index contributed by atoms with van der Waals surface area (Å²) in [6.45, 7) is 0. The average Bonchev–Trinajstić information content (AvgIpc) is 2.94. The molecule has 2 aromatic carbocycles. The van der Waals surface area contributed by atoms with Crippen LogP contribution in [0.3, 0.4) is 0 Å². The molecule has 0 amide bonds. The van der Waals surface area contributed by atoms with Gasteiger partial charge in [0.2, 0.25) is 0 Å². The zero-order chi connectivity index (χ0) is 14.4. The minimum atomic E-state index is -0.322. The van der Waals surface area contributed by atoms with Gasteiger partial charge < -0.3 is 0 Å². The van der Waals surface area contributed by atoms with Gasteiger partial charge in [-0.2, -0.15) is 0 Å². The maximum atomic E-state index is 13.4. The highest BCUT2D eigenvalue weighted by atomic mass is 35.5. The fourth-order valence-corrected chi connectivity index (χ4v) is 3.14. The number of aryl methyl sites for hydroxylation is 2. The van der Waals surface area contributed by atoms with Gasteiger partial charge in [0.15, 0.2) is 5.82 Å². The summed E-state index contributed by atoms with van der Waals surface area (Å²) >= 11 is 6.21. The molecule has 0 saturated heterocycles. The van der Waals surface area contributed by atoms with E-state index in [-0.39, 0.29) is 5.82 Å². The SMILES string of the molecule is Fc1ccc2c(Cl)nc(-c3ccc4c(c3)CCC4)nc2c1. The molecule has 0 atom stereocenters. The van der Waals surface area contributed by atoms with Crippen LogP contribution in [0.2, 0.25) is 5.15 Å². The van der Waals surface area contributed by atoms with Crippen molar-refractivity contribution in [3.8, 4) is 11.4 Å². The first-order chi connectivity index (χ1) is 10.2. The summed E-state index contributed by atoms with van der Waals surface area (Å²) in [5, 5.41) is 1.03. The molecule has 0 bridgehead atoms. The summed E-state index contributed by atoms with van der Waals surface area (Å²) in [6.07, 6.45) is 3.43. The largest absolute Gasteiger partial charge is 0.228 e. The number of rotatable bonds is 1. The summed E-state index contributed by atoms with van der Waals surface area (Å²) in [4.78, 5) is 8.82. The molecule has 2 nitrogen and oxygen atoms in total. The van der Waals surface area contributed by atoms with Crippen LogP contribution in [-0.4, -0.2) is 9.97 Å². The predicted octanol–water partition coefficient (Wildman–Crippen LogP) is 4.58. The van der Waals surface area contributed by atoms with Gasteiger partial charge in [-0.3, -0.25) is 0 Å². The molecule has 0 spiro atoms. The average molecular weight is 299 g/mol. The van der Waals surface area contributed by atoms with Crippen molar-refractivity contribution < 1.29 is 4.39 Å². The minimum Gasteiger partial charge on any atom is -0.228 e. The molecular weight excluding hydrogens is 287 g/mol. The van der Waals surface area contributed by atoms with Gasteiger partial charge in [0.25, 0.3) is 0 Å². The molecule has 3 aromatic rings. The van der Waals surface area contributed by atoms with Crippen molar-refractivity contribution >= 4 is 22.5 Å². The Morgan fingerprint density at radius 1 is 0.952 bits per heavy atom. The van der Waals surface area contributed by atoms with E-state index in [0.717, 1.165) is 18.4 Å². The number of nitrogens with zero attached hydrogens (tertiary/aromatic N) is 2. The molecule has 4 rings (SSSR count). The highest BCUT2D eigenvalue weighted by Gasteiger charge is 2.14. The van der Waals surface area contributed by atoms with E-state index < -0.39 is 0 Å². The summed E-state index contributed by atoms with van der Waals surface area (Å²) in [5.74, 6) is 0.227. The third-order valence-corrected chi connectivity index (χ3v) is 4.26. The fourth-order valence-electron chi connectivity index (χ4n) is 2.90. The van der Waals surface area contributed by atoms with Gasteiger partial charge in [0.05, 0.1) is 5.52 Å². The molecule has 104 valence electrons. The lowest BCUT2D eigenvalue weighted by Gasteiger charge is -2.07. The smallest absolute Gasteiger partial charge is 0.161 e. The zero-order valence-corrected chi connectivity index (χ0v) is 12.0. The molecule has 1 aliphatic carbocycles. The van der Waals surface area contributed by atoms with Crippen LogP contribution in [0.5, 0.6) is 0 Å². The molecule has 0 fully saturated rings. The number of hydrogen-bond acceptors (Lipinski definition) is 2. The molecule has 4 heteroatoms. The van der Waals surface area contributed by atoms with Crippen LogP contribution < -0.4 is 0 Å². The van der Waals surface area contributed by atoms with E-state index in [1.165, 1.54) is 29.7 Å². The Bertz CT molecular complexity index is 861. The van der Waals surface area contributed by atoms with E-state index in [1.54, 1.807) is 6.07 Å². The molecule has 0 unspecified atom stereocenters. The molecule has 0 saturated carbocycles. The Balaban J connectivity index is 1.90. The van der Waals surface area contributed by atoms with E-state index >= 15 is 0 Å². The Hall–Kier alpha value is -2.00. The normalized spacial score (nSPS) is 13.6. The molecule has 1 aromatic heterocycles. The van der Waals surface area contributed by atoms with Crippen LogP contribution >= 0.6 is 11.6 Å². The van der Waals surface area contributed by atoms with Crippen molar-refractivity contribution in [2.45, 2.75) is 19.3 Å². The first kappa shape index (κ1) is 12.7. The van der Waals surface area contributed by atoms with Crippen LogP contribution in [0.1, 0.15) is 17.5 Å². The van der Waals surface area contributed by atoms with E-state index in [1.807, 2.05) is 6.07 Å². The van der Waals surface area contributed by atoms with Gasteiger partial charge in [-0.25, -0.2) is 14.4 Å². The van der Waals surface area contributed by atoms with Crippen molar-refractivity contribution in [2.75, 3.05) is 0 Å². The monoisotopic (exact) mass is 298 g/mol. The Morgan fingerprint density at radius 2 is 1.81 bits per heavy atom. The van der Waals surface area contributed by atoms with Crippen molar-refractivity contribution in [3.63, 3.8) is 0 Å². The first-order valence-electron chi connectivity index (χ1n) is 6.96. The molecule has 1 aliphatic rings. The van der Waals surface area contributed by atoms with E-state index in [9.17, 15) is 4.39 Å². The maximum Gasteiger partial charge on any atom is 0.161 e. The summed E-state index contributed by atoms with van der Waals surface area (Å²) in [6, 6.07) is 10.6. The van der Waals surface area contributed by atoms with Gasteiger partial charge in [0, 0.05) is 17.0 Å². The van der Waals surface area contributed by atoms with Crippen LogP contribution in [0.25, 0.3) is 22.3 Å². The van der Waals surface area contributed by atoms with Crippen LogP contribution in [0.4, 0.5) is 4.39 Å². The third-order valence-electron chi connectivity index (χ3n) is 3.97. The lowest BCUT2D eigenvalue weighted by atomic mass is 10.1. The molecule has 1 heterocycles. The summed E-state index contributed by atoms with van der Waals surface area (Å²) in [7, 11) is 0. The van der Waals surface area contributed by atoms with Gasteiger partial charge in [-0.05, 0) is 48.6 Å². The van der Waals surface area contributed by atoms with E-state index in [2.05, 4.69) is 22.1 Å². The number of hydrogen-bond donors (Lipinski definition) is 0. The Kier molecular flexibility index (Phi) is 2.89. The summed E-state index contributed by atoms with van der Waals surface area (Å²) in [5.41, 5.74) is 4.22. The lowest BCUT2D eigenvalue weighted by Crippen LogP contribution is -1.94. The van der Waals surface area contributed by atoms with Crippen LogP contribution in [0.15, 0.2) is 36.4 Å². The Labute approximate surface area is 126 Å². The van der Waals surface area contributed by atoms with Gasteiger partial charge in [-0.1, -0.05) is 23.7 Å². The highest BCUT2D eigenvalue weighted by Crippen LogP contribution is 2.29. The molecule has 0 radical (unpaired) electrons. The first-order valence-corrected chi connectivity index (χ1v) is 7.33. The number of benzene rings is 2. The number of halogens is 2. The highest BCUT2D eigenvalue weighted by molar-refractivity contribution is 6.34. The van der Waals surface area contributed by atoms with E-state index in [4.69, 9.17) is 11.6 Å². The molecule has 0 aliphatic heterocycles. The predicted molar refractivity (Wildman–Crippen MR) is 82.0 cm³/mol. The standard InChI is InChI=1S/C17H12ClFN2/c18-16-14-7-6-13(19)9-15(14)20-17(21-16)12-5-4-10-2-1-3-11(10)8-12/h4-9H,1-3H2. The Morgan fingerprint density at radius 3 is 2.71 bits per heavy atom. The van der Waals surface area contributed by atoms with Gasteiger partial charge >= 0.3 is 0 Å². The number of aromatic nitrogens is 2. The quantitative estimate of drug-likeness (QED) is 0.615. The second-order valence-corrected chi connectivity index (χ2v) is 5.69. The summed E-state index contributed by atoms with van der Waals surface area (Å²) < 4.78 is 13.4. The maximum absolute atomic E-state index is 13.4. The fraction of sp³-hybridized carbons (Fsp3) is 0.176. The van der Waals surface area contributed by atoms with E-state index in [0.29, 0.717) is 21.9 Å². The third kappa shape index (κ3) is 2.18. The minimum absolute atomic E-state index is 0.322. The lowest BCUT2D eigenvalue weighted by molar-refractivity contribution is 0.629. The topological polar surface area (TPSA) is 25.8 Å². The molecule has 21 heavy (non-hydrogen) atoms. The van der Waals surface area contributed by atoms with Gasteiger partial charge in [-0.15, -0.1) is 0 Å². The van der Waals surface area contributed by atoms with Crippen molar-refractivity contribution in [1.29, 1.82) is 0 Å². The van der Waals surface area contributed by atoms with Crippen molar-refractivity contribution in [3.05, 3.63) is 58.5 Å². The molecule has 0 N–H and O–H groups in total. The molecular formula is C17H12ClFN2. The zero-order valence-electron chi connectivity index (χ0n) is 11.2.